The highest BCUT2D eigenvalue weighted by Gasteiger charge is 2.34. The van der Waals surface area contributed by atoms with Crippen molar-refractivity contribution in [2.75, 3.05) is 7.11 Å². The largest absolute Gasteiger partial charge is 0.496 e. The van der Waals surface area contributed by atoms with Gasteiger partial charge in [-0.3, -0.25) is 4.79 Å². The lowest BCUT2D eigenvalue weighted by molar-refractivity contribution is -0.139. The fourth-order valence-electron chi connectivity index (χ4n) is 3.30. The first-order valence-corrected chi connectivity index (χ1v) is 9.18. The summed E-state index contributed by atoms with van der Waals surface area (Å²) < 4.78 is 5.42. The Morgan fingerprint density at radius 1 is 1.25 bits per heavy atom. The Morgan fingerprint density at radius 3 is 2.75 bits per heavy atom. The summed E-state index contributed by atoms with van der Waals surface area (Å²) in [6.45, 7) is 1.06. The first-order chi connectivity index (χ1) is 11.7. The highest BCUT2D eigenvalue weighted by molar-refractivity contribution is 7.09. The summed E-state index contributed by atoms with van der Waals surface area (Å²) in [4.78, 5) is 16.0. The van der Waals surface area contributed by atoms with Crippen LogP contribution in [0.4, 0.5) is 0 Å². The number of hydrogen-bond donors (Lipinski definition) is 1. The second-order valence-corrected chi connectivity index (χ2v) is 7.22. The van der Waals surface area contributed by atoms with Crippen LogP contribution in [0.25, 0.3) is 0 Å². The number of thiophene rings is 1. The average molecular weight is 345 g/mol. The molecule has 1 aliphatic carbocycles. The summed E-state index contributed by atoms with van der Waals surface area (Å²) in [5, 5.41) is 12.2. The topological polar surface area (TPSA) is 49.8 Å². The maximum Gasteiger partial charge on any atom is 0.228 e. The molecule has 1 aromatic carbocycles. The molecule has 0 saturated heterocycles. The van der Waals surface area contributed by atoms with Crippen molar-refractivity contribution in [2.24, 2.45) is 5.92 Å². The molecule has 5 heteroatoms. The number of carbonyl (C=O) groups excluding carboxylic acids is 1. The minimum atomic E-state index is -0.513. The van der Waals surface area contributed by atoms with Crippen LogP contribution in [-0.2, 0) is 17.9 Å². The molecule has 2 aromatic rings. The third-order valence-electron chi connectivity index (χ3n) is 4.59. The number of ether oxygens (including phenoxy) is 1. The Morgan fingerprint density at radius 2 is 2.08 bits per heavy atom. The van der Waals surface area contributed by atoms with Crippen LogP contribution in [0.15, 0.2) is 41.8 Å². The summed E-state index contributed by atoms with van der Waals surface area (Å²) in [5.74, 6) is 0.549. The van der Waals surface area contributed by atoms with Gasteiger partial charge in [-0.25, -0.2) is 0 Å². The van der Waals surface area contributed by atoms with Gasteiger partial charge in [-0.1, -0.05) is 24.3 Å². The molecule has 1 amide bonds. The van der Waals surface area contributed by atoms with E-state index in [1.54, 1.807) is 18.4 Å². The van der Waals surface area contributed by atoms with Crippen molar-refractivity contribution in [3.63, 3.8) is 0 Å². The molecular weight excluding hydrogens is 322 g/mol. The minimum Gasteiger partial charge on any atom is -0.496 e. The molecule has 1 N–H and O–H groups in total. The van der Waals surface area contributed by atoms with Crippen LogP contribution in [0.2, 0.25) is 0 Å². The predicted octanol–water partition coefficient (Wildman–Crippen LogP) is 3.45. The van der Waals surface area contributed by atoms with Gasteiger partial charge in [0.2, 0.25) is 5.91 Å². The number of aliphatic hydroxyl groups is 1. The zero-order chi connectivity index (χ0) is 16.9. The lowest BCUT2D eigenvalue weighted by Gasteiger charge is -2.27. The van der Waals surface area contributed by atoms with Crippen LogP contribution in [-0.4, -0.2) is 29.1 Å². The van der Waals surface area contributed by atoms with Gasteiger partial charge in [-0.2, -0.15) is 0 Å². The van der Waals surface area contributed by atoms with Gasteiger partial charge >= 0.3 is 0 Å². The van der Waals surface area contributed by atoms with E-state index in [1.807, 2.05) is 46.7 Å². The molecule has 24 heavy (non-hydrogen) atoms. The molecule has 1 fully saturated rings. The SMILES string of the molecule is COc1ccccc1CN(Cc1cccs1)C(=O)C1CCCC1O. The third-order valence-corrected chi connectivity index (χ3v) is 5.45. The van der Waals surface area contributed by atoms with E-state index >= 15 is 0 Å². The molecule has 1 aliphatic rings. The first kappa shape index (κ1) is 17.0. The van der Waals surface area contributed by atoms with Gasteiger partial charge < -0.3 is 14.7 Å². The fourth-order valence-corrected chi connectivity index (χ4v) is 4.02. The van der Waals surface area contributed by atoms with Crippen molar-refractivity contribution in [3.05, 3.63) is 52.2 Å². The molecule has 1 aromatic heterocycles. The van der Waals surface area contributed by atoms with E-state index in [0.717, 1.165) is 35.5 Å². The van der Waals surface area contributed by atoms with Gasteiger partial charge in [-0.15, -0.1) is 11.3 Å². The highest BCUT2D eigenvalue weighted by Crippen LogP contribution is 2.30. The van der Waals surface area contributed by atoms with Crippen molar-refractivity contribution in [1.82, 2.24) is 4.90 Å². The summed E-state index contributed by atoms with van der Waals surface area (Å²) in [6, 6.07) is 11.8. The lowest BCUT2D eigenvalue weighted by Crippen LogP contribution is -2.38. The van der Waals surface area contributed by atoms with E-state index in [1.165, 1.54) is 0 Å². The number of amides is 1. The van der Waals surface area contributed by atoms with Crippen LogP contribution < -0.4 is 4.74 Å². The van der Waals surface area contributed by atoms with E-state index in [4.69, 9.17) is 4.74 Å². The molecule has 2 atom stereocenters. The van der Waals surface area contributed by atoms with E-state index in [2.05, 4.69) is 0 Å². The van der Waals surface area contributed by atoms with Gasteiger partial charge in [0, 0.05) is 17.0 Å². The molecule has 3 rings (SSSR count). The number of nitrogens with zero attached hydrogens (tertiary/aromatic N) is 1. The van der Waals surface area contributed by atoms with E-state index in [0.29, 0.717) is 13.1 Å². The Bertz CT molecular complexity index is 671. The molecule has 4 nitrogen and oxygen atoms in total. The summed E-state index contributed by atoms with van der Waals surface area (Å²) in [6.07, 6.45) is 1.89. The molecule has 1 saturated carbocycles. The van der Waals surface area contributed by atoms with Crippen molar-refractivity contribution in [2.45, 2.75) is 38.5 Å². The number of benzene rings is 1. The predicted molar refractivity (Wildman–Crippen MR) is 94.9 cm³/mol. The van der Waals surface area contributed by atoms with Gasteiger partial charge in [0.1, 0.15) is 5.75 Å². The van der Waals surface area contributed by atoms with Gasteiger partial charge in [0.25, 0.3) is 0 Å². The number of aliphatic hydroxyl groups excluding tert-OH is 1. The molecular formula is C19H23NO3S. The maximum atomic E-state index is 13.0. The lowest BCUT2D eigenvalue weighted by atomic mass is 10.0. The molecule has 0 radical (unpaired) electrons. The van der Waals surface area contributed by atoms with Crippen molar-refractivity contribution >= 4 is 17.2 Å². The molecule has 1 heterocycles. The molecule has 128 valence electrons. The fraction of sp³-hybridized carbons (Fsp3) is 0.421. The number of hydrogen-bond acceptors (Lipinski definition) is 4. The Hall–Kier alpha value is -1.85. The van der Waals surface area contributed by atoms with Crippen molar-refractivity contribution in [3.8, 4) is 5.75 Å². The monoisotopic (exact) mass is 345 g/mol. The Labute approximate surface area is 146 Å². The molecule has 2 unspecified atom stereocenters. The second kappa shape index (κ2) is 7.81. The van der Waals surface area contributed by atoms with Crippen LogP contribution in [0.3, 0.4) is 0 Å². The quantitative estimate of drug-likeness (QED) is 0.872. The summed E-state index contributed by atoms with van der Waals surface area (Å²) in [7, 11) is 1.64. The van der Waals surface area contributed by atoms with Crippen LogP contribution >= 0.6 is 11.3 Å². The number of methoxy groups -OCH3 is 1. The van der Waals surface area contributed by atoms with Crippen LogP contribution in [0, 0.1) is 5.92 Å². The van der Waals surface area contributed by atoms with Crippen molar-refractivity contribution < 1.29 is 14.6 Å². The number of para-hydroxylation sites is 1. The molecule has 0 spiro atoms. The maximum absolute atomic E-state index is 13.0. The second-order valence-electron chi connectivity index (χ2n) is 6.19. The number of rotatable bonds is 6. The summed E-state index contributed by atoms with van der Waals surface area (Å²) in [5.41, 5.74) is 0.984. The van der Waals surface area contributed by atoms with Gasteiger partial charge in [-0.05, 0) is 36.8 Å². The summed E-state index contributed by atoms with van der Waals surface area (Å²) >= 11 is 1.64. The third kappa shape index (κ3) is 3.79. The van der Waals surface area contributed by atoms with Gasteiger partial charge in [0.05, 0.1) is 25.7 Å². The van der Waals surface area contributed by atoms with E-state index < -0.39 is 6.10 Å². The van der Waals surface area contributed by atoms with Crippen LogP contribution in [0.1, 0.15) is 29.7 Å². The molecule has 0 aliphatic heterocycles. The number of carbonyl (C=O) groups is 1. The van der Waals surface area contributed by atoms with E-state index in [-0.39, 0.29) is 11.8 Å². The zero-order valence-corrected chi connectivity index (χ0v) is 14.7. The van der Waals surface area contributed by atoms with Crippen molar-refractivity contribution in [1.29, 1.82) is 0 Å². The van der Waals surface area contributed by atoms with Crippen LogP contribution in [0.5, 0.6) is 5.75 Å². The molecule has 0 bridgehead atoms. The van der Waals surface area contributed by atoms with E-state index in [9.17, 15) is 9.90 Å². The zero-order valence-electron chi connectivity index (χ0n) is 13.9. The Kier molecular flexibility index (Phi) is 5.53. The first-order valence-electron chi connectivity index (χ1n) is 8.30. The smallest absolute Gasteiger partial charge is 0.228 e. The average Bonchev–Trinajstić information content (AvgIpc) is 3.25. The normalized spacial score (nSPS) is 20.1. The standard InChI is InChI=1S/C19H23NO3S/c1-23-18-10-3-2-6-14(18)12-20(13-15-7-5-11-24-15)19(22)16-8-4-9-17(16)21/h2-3,5-7,10-11,16-17,21H,4,8-9,12-13H2,1H3. The highest BCUT2D eigenvalue weighted by atomic mass is 32.1. The van der Waals surface area contributed by atoms with Gasteiger partial charge in [0.15, 0.2) is 0 Å². The minimum absolute atomic E-state index is 0.0410. The Balaban J connectivity index is 1.82.